The van der Waals surface area contributed by atoms with Crippen LogP contribution in [0, 0.1) is 0 Å². The Labute approximate surface area is 94.6 Å². The zero-order valence-electron chi connectivity index (χ0n) is 8.85. The molecule has 3 nitrogen and oxygen atoms in total. The second kappa shape index (κ2) is 6.48. The number of amides is 1. The van der Waals surface area contributed by atoms with E-state index < -0.39 is 0 Å². The van der Waals surface area contributed by atoms with Crippen LogP contribution in [0.3, 0.4) is 0 Å². The monoisotopic (exact) mass is 224 g/mol. The van der Waals surface area contributed by atoms with Crippen LogP contribution in [0.4, 0.5) is 5.69 Å². The molecule has 0 unspecified atom stereocenters. The lowest BCUT2D eigenvalue weighted by atomic mass is 10.3. The molecular weight excluding hydrogens is 208 g/mol. The van der Waals surface area contributed by atoms with Crippen LogP contribution < -0.4 is 10.6 Å². The van der Waals surface area contributed by atoms with Gasteiger partial charge in [-0.25, -0.2) is 0 Å². The van der Waals surface area contributed by atoms with Gasteiger partial charge < -0.3 is 10.6 Å². The van der Waals surface area contributed by atoms with Crippen molar-refractivity contribution in [2.24, 2.45) is 5.73 Å². The average Bonchev–Trinajstić information content (AvgIpc) is 2.29. The number of nitrogens with zero attached hydrogens (tertiary/aromatic N) is 1. The highest BCUT2D eigenvalue weighted by molar-refractivity contribution is 7.99. The molecule has 0 fully saturated rings. The topological polar surface area (TPSA) is 46.3 Å². The molecule has 1 rings (SSSR count). The molecule has 2 N–H and O–H groups in total. The molecule has 0 heterocycles. The molecule has 1 aromatic rings. The van der Waals surface area contributed by atoms with E-state index in [2.05, 4.69) is 0 Å². The largest absolute Gasteiger partial charge is 0.330 e. The average molecular weight is 224 g/mol. The fourth-order valence-corrected chi connectivity index (χ4v) is 1.81. The molecule has 0 aliphatic rings. The van der Waals surface area contributed by atoms with Gasteiger partial charge in [0, 0.05) is 25.0 Å². The number of para-hydroxylation sites is 1. The van der Waals surface area contributed by atoms with E-state index in [1.807, 2.05) is 30.3 Å². The first-order valence-corrected chi connectivity index (χ1v) is 6.00. The van der Waals surface area contributed by atoms with Crippen LogP contribution in [0.15, 0.2) is 30.3 Å². The minimum absolute atomic E-state index is 0.111. The van der Waals surface area contributed by atoms with Gasteiger partial charge in [-0.2, -0.15) is 11.8 Å². The molecular formula is C11H16N2OS. The van der Waals surface area contributed by atoms with E-state index in [9.17, 15) is 4.79 Å². The molecule has 0 bridgehead atoms. The van der Waals surface area contributed by atoms with E-state index in [1.165, 1.54) is 0 Å². The third-order valence-corrected chi connectivity index (χ3v) is 2.98. The van der Waals surface area contributed by atoms with Gasteiger partial charge in [0.1, 0.15) is 0 Å². The smallest absolute Gasteiger partial charge is 0.236 e. The van der Waals surface area contributed by atoms with Gasteiger partial charge in [-0.3, -0.25) is 4.79 Å². The summed E-state index contributed by atoms with van der Waals surface area (Å²) in [5, 5.41) is 0. The van der Waals surface area contributed by atoms with Crippen molar-refractivity contribution in [3.63, 3.8) is 0 Å². The number of hydrogen-bond donors (Lipinski definition) is 1. The summed E-state index contributed by atoms with van der Waals surface area (Å²) in [4.78, 5) is 13.4. The molecule has 1 amide bonds. The van der Waals surface area contributed by atoms with Crippen LogP contribution in [0.2, 0.25) is 0 Å². The fraction of sp³-hybridized carbons (Fsp3) is 0.364. The Morgan fingerprint density at radius 2 is 2.07 bits per heavy atom. The second-order valence-corrected chi connectivity index (χ2v) is 4.23. The molecule has 15 heavy (non-hydrogen) atoms. The van der Waals surface area contributed by atoms with Crippen molar-refractivity contribution in [1.29, 1.82) is 0 Å². The highest BCUT2D eigenvalue weighted by Crippen LogP contribution is 2.12. The summed E-state index contributed by atoms with van der Waals surface area (Å²) in [5.41, 5.74) is 6.28. The van der Waals surface area contributed by atoms with Crippen LogP contribution in [0.1, 0.15) is 0 Å². The van der Waals surface area contributed by atoms with Crippen molar-refractivity contribution in [3.05, 3.63) is 30.3 Å². The summed E-state index contributed by atoms with van der Waals surface area (Å²) in [5.74, 6) is 1.43. The minimum atomic E-state index is 0.111. The van der Waals surface area contributed by atoms with Crippen LogP contribution in [0.5, 0.6) is 0 Å². The van der Waals surface area contributed by atoms with Crippen LogP contribution in [0.25, 0.3) is 0 Å². The number of nitrogens with two attached hydrogens (primary N) is 1. The van der Waals surface area contributed by atoms with Gasteiger partial charge >= 0.3 is 0 Å². The van der Waals surface area contributed by atoms with E-state index in [-0.39, 0.29) is 5.91 Å². The Morgan fingerprint density at radius 3 is 2.67 bits per heavy atom. The van der Waals surface area contributed by atoms with Crippen molar-refractivity contribution in [3.8, 4) is 0 Å². The lowest BCUT2D eigenvalue weighted by molar-refractivity contribution is -0.115. The SMILES string of the molecule is CN(C(=O)CSCCN)c1ccccc1. The summed E-state index contributed by atoms with van der Waals surface area (Å²) in [7, 11) is 1.79. The van der Waals surface area contributed by atoms with Gasteiger partial charge in [-0.15, -0.1) is 0 Å². The third-order valence-electron chi connectivity index (χ3n) is 2.01. The number of benzene rings is 1. The van der Waals surface area contributed by atoms with Gasteiger partial charge in [0.25, 0.3) is 0 Å². The summed E-state index contributed by atoms with van der Waals surface area (Å²) in [6.45, 7) is 0.618. The molecule has 0 aliphatic carbocycles. The Balaban J connectivity index is 2.46. The van der Waals surface area contributed by atoms with E-state index in [0.29, 0.717) is 12.3 Å². The first kappa shape index (κ1) is 12.1. The number of thioether (sulfide) groups is 1. The van der Waals surface area contributed by atoms with Crippen molar-refractivity contribution in [2.75, 3.05) is 30.0 Å². The molecule has 0 aromatic heterocycles. The third kappa shape index (κ3) is 3.93. The van der Waals surface area contributed by atoms with Crippen molar-refractivity contribution >= 4 is 23.4 Å². The van der Waals surface area contributed by atoms with E-state index in [4.69, 9.17) is 5.73 Å². The first-order valence-electron chi connectivity index (χ1n) is 4.85. The lowest BCUT2D eigenvalue weighted by Gasteiger charge is -2.16. The lowest BCUT2D eigenvalue weighted by Crippen LogP contribution is -2.28. The van der Waals surface area contributed by atoms with E-state index in [0.717, 1.165) is 11.4 Å². The van der Waals surface area contributed by atoms with Gasteiger partial charge in [0.05, 0.1) is 5.75 Å². The van der Waals surface area contributed by atoms with Crippen LogP contribution in [-0.2, 0) is 4.79 Å². The summed E-state index contributed by atoms with van der Waals surface area (Å²) in [6, 6.07) is 9.63. The summed E-state index contributed by atoms with van der Waals surface area (Å²) >= 11 is 1.57. The standard InChI is InChI=1S/C11H16N2OS/c1-13(10-5-3-2-4-6-10)11(14)9-15-8-7-12/h2-6H,7-9,12H2,1H3. The van der Waals surface area contributed by atoms with Crippen molar-refractivity contribution < 1.29 is 4.79 Å². The zero-order chi connectivity index (χ0) is 11.1. The normalized spacial score (nSPS) is 10.0. The molecule has 4 heteroatoms. The second-order valence-electron chi connectivity index (χ2n) is 3.13. The zero-order valence-corrected chi connectivity index (χ0v) is 9.67. The quantitative estimate of drug-likeness (QED) is 0.768. The number of hydrogen-bond acceptors (Lipinski definition) is 3. The maximum atomic E-state index is 11.7. The van der Waals surface area contributed by atoms with Gasteiger partial charge in [-0.1, -0.05) is 18.2 Å². The predicted molar refractivity (Wildman–Crippen MR) is 66.2 cm³/mol. The molecule has 82 valence electrons. The molecule has 1 aromatic carbocycles. The Bertz CT molecular complexity index is 303. The molecule has 0 radical (unpaired) electrons. The maximum absolute atomic E-state index is 11.7. The molecule has 0 aliphatic heterocycles. The highest BCUT2D eigenvalue weighted by atomic mass is 32.2. The van der Waals surface area contributed by atoms with Gasteiger partial charge in [-0.05, 0) is 12.1 Å². The summed E-state index contributed by atoms with van der Waals surface area (Å²) in [6.07, 6.45) is 0. The van der Waals surface area contributed by atoms with E-state index >= 15 is 0 Å². The molecule has 0 saturated heterocycles. The van der Waals surface area contributed by atoms with Crippen LogP contribution in [-0.4, -0.2) is 31.0 Å². The Kier molecular flexibility index (Phi) is 5.21. The number of rotatable bonds is 5. The molecule has 0 atom stereocenters. The Morgan fingerprint density at radius 1 is 1.40 bits per heavy atom. The predicted octanol–water partition coefficient (Wildman–Crippen LogP) is 1.34. The van der Waals surface area contributed by atoms with Crippen molar-refractivity contribution in [1.82, 2.24) is 0 Å². The fourth-order valence-electron chi connectivity index (χ4n) is 1.14. The van der Waals surface area contributed by atoms with Crippen molar-refractivity contribution in [2.45, 2.75) is 0 Å². The number of carbonyl (C=O) groups excluding carboxylic acids is 1. The maximum Gasteiger partial charge on any atom is 0.236 e. The van der Waals surface area contributed by atoms with Crippen LogP contribution >= 0.6 is 11.8 Å². The van der Waals surface area contributed by atoms with Gasteiger partial charge in [0.2, 0.25) is 5.91 Å². The molecule has 0 spiro atoms. The number of carbonyl (C=O) groups is 1. The minimum Gasteiger partial charge on any atom is -0.330 e. The summed E-state index contributed by atoms with van der Waals surface area (Å²) < 4.78 is 0. The highest BCUT2D eigenvalue weighted by Gasteiger charge is 2.09. The van der Waals surface area contributed by atoms with E-state index in [1.54, 1.807) is 23.7 Å². The number of anilines is 1. The Hall–Kier alpha value is -1.00. The van der Waals surface area contributed by atoms with Gasteiger partial charge in [0.15, 0.2) is 0 Å². The first-order chi connectivity index (χ1) is 7.25. The molecule has 0 saturated carbocycles.